The Kier molecular flexibility index (Phi) is 7.19. The number of carbonyl (C=O) groups excluding carboxylic acids is 2. The van der Waals surface area contributed by atoms with Gasteiger partial charge in [-0.1, -0.05) is 67.6 Å². The molecule has 0 aliphatic rings. The fourth-order valence-electron chi connectivity index (χ4n) is 3.24. The number of nitrogens with one attached hydrogen (secondary N) is 1. The highest BCUT2D eigenvalue weighted by molar-refractivity contribution is 7.16. The maximum atomic E-state index is 13.0. The molecule has 1 heterocycles. The molecule has 2 aromatic carbocycles. The molecule has 0 fully saturated rings. The molecule has 0 bridgehead atoms. The predicted molar refractivity (Wildman–Crippen MR) is 118 cm³/mol. The Morgan fingerprint density at radius 1 is 1.00 bits per heavy atom. The van der Waals surface area contributed by atoms with Crippen molar-refractivity contribution in [2.75, 3.05) is 11.9 Å². The number of rotatable bonds is 8. The van der Waals surface area contributed by atoms with Gasteiger partial charge in [0.2, 0.25) is 5.91 Å². The summed E-state index contributed by atoms with van der Waals surface area (Å²) >= 11 is 1.43. The third-order valence-electron chi connectivity index (χ3n) is 4.66. The Morgan fingerprint density at radius 3 is 2.28 bits per heavy atom. The van der Waals surface area contributed by atoms with E-state index in [1.807, 2.05) is 73.7 Å². The summed E-state index contributed by atoms with van der Waals surface area (Å²) < 4.78 is 5.20. The summed E-state index contributed by atoms with van der Waals surface area (Å²) in [6.07, 6.45) is 1.37. The van der Waals surface area contributed by atoms with Gasteiger partial charge in [-0.25, -0.2) is 4.79 Å². The van der Waals surface area contributed by atoms with Gasteiger partial charge in [0.1, 0.15) is 5.00 Å². The lowest BCUT2D eigenvalue weighted by atomic mass is 9.96. The van der Waals surface area contributed by atoms with Gasteiger partial charge in [0.05, 0.1) is 18.1 Å². The molecule has 5 heteroatoms. The highest BCUT2D eigenvalue weighted by atomic mass is 32.1. The largest absolute Gasteiger partial charge is 0.462 e. The number of amides is 1. The number of hydrogen-bond acceptors (Lipinski definition) is 4. The number of ether oxygens (including phenoxy) is 1. The first-order valence-corrected chi connectivity index (χ1v) is 10.6. The highest BCUT2D eigenvalue weighted by Crippen LogP contribution is 2.32. The molecule has 1 N–H and O–H groups in total. The van der Waals surface area contributed by atoms with E-state index in [1.54, 1.807) is 6.92 Å². The highest BCUT2D eigenvalue weighted by Gasteiger charge is 2.23. The fraction of sp³-hybridized carbons (Fsp3) is 0.250. The molecule has 1 atom stereocenters. The molecule has 3 rings (SSSR count). The van der Waals surface area contributed by atoms with Gasteiger partial charge in [-0.15, -0.1) is 11.3 Å². The smallest absolute Gasteiger partial charge is 0.341 e. The van der Waals surface area contributed by atoms with Crippen LogP contribution >= 0.6 is 11.3 Å². The van der Waals surface area contributed by atoms with E-state index in [4.69, 9.17) is 4.74 Å². The lowest BCUT2D eigenvalue weighted by Gasteiger charge is -2.15. The minimum atomic E-state index is -0.411. The van der Waals surface area contributed by atoms with Crippen molar-refractivity contribution in [2.24, 2.45) is 0 Å². The minimum Gasteiger partial charge on any atom is -0.462 e. The SMILES string of the molecule is CCOC(=O)c1cc(Cc2ccccc2)sc1NC(=O)[C@@H](CC)c1ccccc1. The second-order valence-electron chi connectivity index (χ2n) is 6.70. The number of benzene rings is 2. The van der Waals surface area contributed by atoms with Crippen molar-refractivity contribution < 1.29 is 14.3 Å². The lowest BCUT2D eigenvalue weighted by molar-refractivity contribution is -0.117. The summed E-state index contributed by atoms with van der Waals surface area (Å²) in [6, 6.07) is 21.6. The van der Waals surface area contributed by atoms with E-state index in [0.717, 1.165) is 16.0 Å². The molecule has 29 heavy (non-hydrogen) atoms. The molecule has 1 amide bonds. The Morgan fingerprint density at radius 2 is 1.66 bits per heavy atom. The summed E-state index contributed by atoms with van der Waals surface area (Å²) in [4.78, 5) is 26.4. The van der Waals surface area contributed by atoms with E-state index in [9.17, 15) is 9.59 Å². The quantitative estimate of drug-likeness (QED) is 0.491. The predicted octanol–water partition coefficient (Wildman–Crippen LogP) is 5.65. The molecule has 150 valence electrons. The molecule has 0 aliphatic carbocycles. The van der Waals surface area contributed by atoms with Crippen LogP contribution in [0.4, 0.5) is 5.00 Å². The molecule has 1 aromatic heterocycles. The standard InChI is InChI=1S/C24H25NO3S/c1-3-20(18-13-9-6-10-14-18)22(26)25-23-21(24(27)28-4-2)16-19(29-23)15-17-11-7-5-8-12-17/h5-14,16,20H,3-4,15H2,1-2H3,(H,25,26)/t20-/m0/s1. The van der Waals surface area contributed by atoms with Crippen molar-refractivity contribution in [2.45, 2.75) is 32.6 Å². The van der Waals surface area contributed by atoms with Gasteiger partial charge in [0.15, 0.2) is 0 Å². The lowest BCUT2D eigenvalue weighted by Crippen LogP contribution is -2.21. The van der Waals surface area contributed by atoms with Crippen molar-refractivity contribution in [3.8, 4) is 0 Å². The number of hydrogen-bond donors (Lipinski definition) is 1. The van der Waals surface area contributed by atoms with Crippen molar-refractivity contribution >= 4 is 28.2 Å². The van der Waals surface area contributed by atoms with E-state index in [0.29, 0.717) is 23.4 Å². The molecular formula is C24H25NO3S. The average Bonchev–Trinajstić information content (AvgIpc) is 3.12. The van der Waals surface area contributed by atoms with Gasteiger partial charge in [0.25, 0.3) is 0 Å². The van der Waals surface area contributed by atoms with Crippen LogP contribution < -0.4 is 5.32 Å². The van der Waals surface area contributed by atoms with Gasteiger partial charge in [-0.3, -0.25) is 4.79 Å². The third-order valence-corrected chi connectivity index (χ3v) is 5.71. The van der Waals surface area contributed by atoms with Crippen molar-refractivity contribution in [1.29, 1.82) is 0 Å². The third kappa shape index (κ3) is 5.33. The number of anilines is 1. The first kappa shape index (κ1) is 20.8. The van der Waals surface area contributed by atoms with Gasteiger partial charge in [0, 0.05) is 11.3 Å². The van der Waals surface area contributed by atoms with Gasteiger partial charge >= 0.3 is 5.97 Å². The van der Waals surface area contributed by atoms with E-state index in [1.165, 1.54) is 11.3 Å². The zero-order valence-electron chi connectivity index (χ0n) is 16.7. The van der Waals surface area contributed by atoms with Crippen LogP contribution in [-0.4, -0.2) is 18.5 Å². The van der Waals surface area contributed by atoms with Crippen LogP contribution in [0.25, 0.3) is 0 Å². The summed E-state index contributed by atoms with van der Waals surface area (Å²) in [5, 5.41) is 3.53. The van der Waals surface area contributed by atoms with Crippen molar-refractivity contribution in [3.63, 3.8) is 0 Å². The number of thiophene rings is 1. The molecule has 3 aromatic rings. The second kappa shape index (κ2) is 10.0. The first-order chi connectivity index (χ1) is 14.1. The van der Waals surface area contributed by atoms with E-state index >= 15 is 0 Å². The maximum absolute atomic E-state index is 13.0. The zero-order chi connectivity index (χ0) is 20.6. The molecule has 0 radical (unpaired) electrons. The number of esters is 1. The maximum Gasteiger partial charge on any atom is 0.341 e. The first-order valence-electron chi connectivity index (χ1n) is 9.81. The summed E-state index contributed by atoms with van der Waals surface area (Å²) in [7, 11) is 0. The molecule has 0 aliphatic heterocycles. The normalized spacial score (nSPS) is 11.7. The van der Waals surface area contributed by atoms with Crippen LogP contribution in [0, 0.1) is 0 Å². The van der Waals surface area contributed by atoms with Gasteiger partial charge in [-0.2, -0.15) is 0 Å². The average molecular weight is 408 g/mol. The molecule has 0 unspecified atom stereocenters. The van der Waals surface area contributed by atoms with Crippen molar-refractivity contribution in [3.05, 3.63) is 88.3 Å². The summed E-state index contributed by atoms with van der Waals surface area (Å²) in [5.74, 6) is -0.797. The van der Waals surface area contributed by atoms with E-state index in [-0.39, 0.29) is 18.4 Å². The zero-order valence-corrected chi connectivity index (χ0v) is 17.5. The molecule has 0 spiro atoms. The van der Waals surface area contributed by atoms with Crippen LogP contribution in [0.15, 0.2) is 66.7 Å². The minimum absolute atomic E-state index is 0.114. The van der Waals surface area contributed by atoms with Crippen molar-refractivity contribution in [1.82, 2.24) is 0 Å². The molecular weight excluding hydrogens is 382 g/mol. The fourth-order valence-corrected chi connectivity index (χ4v) is 4.32. The van der Waals surface area contributed by atoms with Crippen LogP contribution in [0.1, 0.15) is 52.5 Å². The molecule has 0 saturated heterocycles. The van der Waals surface area contributed by atoms with Gasteiger partial charge < -0.3 is 10.1 Å². The molecule has 0 saturated carbocycles. The Hall–Kier alpha value is -2.92. The topological polar surface area (TPSA) is 55.4 Å². The Labute approximate surface area is 175 Å². The van der Waals surface area contributed by atoms with Crippen LogP contribution in [0.2, 0.25) is 0 Å². The summed E-state index contributed by atoms with van der Waals surface area (Å²) in [6.45, 7) is 4.05. The molecule has 4 nitrogen and oxygen atoms in total. The second-order valence-corrected chi connectivity index (χ2v) is 7.84. The van der Waals surface area contributed by atoms with Crippen LogP contribution in [-0.2, 0) is 16.0 Å². The monoisotopic (exact) mass is 407 g/mol. The van der Waals surface area contributed by atoms with E-state index < -0.39 is 5.97 Å². The van der Waals surface area contributed by atoms with Crippen LogP contribution in [0.5, 0.6) is 0 Å². The summed E-state index contributed by atoms with van der Waals surface area (Å²) in [5.41, 5.74) is 2.53. The number of carbonyl (C=O) groups is 2. The van der Waals surface area contributed by atoms with Gasteiger partial charge in [-0.05, 0) is 30.5 Å². The van der Waals surface area contributed by atoms with Crippen LogP contribution in [0.3, 0.4) is 0 Å². The Bertz CT molecular complexity index is 951. The Balaban J connectivity index is 1.85. The van der Waals surface area contributed by atoms with E-state index in [2.05, 4.69) is 5.32 Å².